The molecule has 1 N–H and O–H groups in total. The van der Waals surface area contributed by atoms with Gasteiger partial charge in [-0.1, -0.05) is 24.3 Å². The van der Waals surface area contributed by atoms with Gasteiger partial charge in [0.05, 0.1) is 12.5 Å². The molecule has 0 unspecified atom stereocenters. The van der Waals surface area contributed by atoms with E-state index in [2.05, 4.69) is 47.2 Å². The Balaban J connectivity index is 1.19. The third-order valence-corrected chi connectivity index (χ3v) is 7.42. The van der Waals surface area contributed by atoms with E-state index in [0.29, 0.717) is 19.1 Å². The van der Waals surface area contributed by atoms with Crippen LogP contribution in [-0.4, -0.2) is 35.4 Å². The SMILES string of the molecule is CN=C(C)CCCOc1ccc(-c2cccc(COc3cc4c(cn3)[C@H]3[C@@H](C4)[C@@H]3C(=O)O)c2)c(C)c1. The number of ether oxygens (including phenoxy) is 2. The molecule has 1 fully saturated rings. The van der Waals surface area contributed by atoms with Gasteiger partial charge in [-0.2, -0.15) is 0 Å². The van der Waals surface area contributed by atoms with E-state index in [1.54, 1.807) is 6.20 Å². The molecular weight excluding hydrogens is 452 g/mol. The molecule has 0 bridgehead atoms. The van der Waals surface area contributed by atoms with Crippen molar-refractivity contribution in [3.8, 4) is 22.8 Å². The normalized spacial score (nSPS) is 20.0. The van der Waals surface area contributed by atoms with Crippen LogP contribution >= 0.6 is 0 Å². The van der Waals surface area contributed by atoms with Gasteiger partial charge >= 0.3 is 5.97 Å². The Kier molecular flexibility index (Phi) is 6.77. The standard InChI is InChI=1S/C30H32N2O4/c1-18-12-23(35-11-5-6-19(2)31-3)9-10-24(18)21-8-4-7-20(13-21)17-36-27-15-22-14-25-28(26(22)16-32-27)29(25)30(33)34/h4,7-10,12-13,15-16,25,28-29H,5-6,11,14,17H2,1-3H3,(H,33,34)/t25-,28-,29+/m1/s1. The van der Waals surface area contributed by atoms with E-state index in [4.69, 9.17) is 9.47 Å². The van der Waals surface area contributed by atoms with Gasteiger partial charge in [-0.05, 0) is 90.6 Å². The fourth-order valence-corrected chi connectivity index (χ4v) is 5.35. The number of pyridine rings is 1. The van der Waals surface area contributed by atoms with Crippen LogP contribution in [0, 0.1) is 18.8 Å². The second-order valence-electron chi connectivity index (χ2n) is 9.86. The number of aliphatic carboxylic acids is 1. The molecule has 2 aliphatic carbocycles. The Bertz CT molecular complexity index is 1320. The van der Waals surface area contributed by atoms with Gasteiger partial charge in [0, 0.05) is 30.9 Å². The van der Waals surface area contributed by atoms with Crippen LogP contribution in [0.25, 0.3) is 11.1 Å². The molecule has 6 heteroatoms. The number of carboxylic acid groups (broad SMARTS) is 1. The molecule has 36 heavy (non-hydrogen) atoms. The minimum atomic E-state index is -0.693. The minimum absolute atomic E-state index is 0.135. The molecule has 0 saturated heterocycles. The van der Waals surface area contributed by atoms with E-state index >= 15 is 0 Å². The molecule has 3 atom stereocenters. The Morgan fingerprint density at radius 2 is 2.03 bits per heavy atom. The van der Waals surface area contributed by atoms with Crippen molar-refractivity contribution in [3.63, 3.8) is 0 Å². The number of benzene rings is 2. The van der Waals surface area contributed by atoms with Gasteiger partial charge in [0.25, 0.3) is 0 Å². The summed E-state index contributed by atoms with van der Waals surface area (Å²) in [4.78, 5) is 19.9. The van der Waals surface area contributed by atoms with Crippen LogP contribution in [0.1, 0.15) is 47.9 Å². The number of hydrogen-bond donors (Lipinski definition) is 1. The molecule has 0 radical (unpaired) electrons. The van der Waals surface area contributed by atoms with E-state index in [1.807, 2.05) is 32.2 Å². The zero-order valence-corrected chi connectivity index (χ0v) is 21.0. The van der Waals surface area contributed by atoms with Gasteiger partial charge in [0.2, 0.25) is 5.88 Å². The van der Waals surface area contributed by atoms with Crippen molar-refractivity contribution in [3.05, 3.63) is 77.0 Å². The van der Waals surface area contributed by atoms with Crippen molar-refractivity contribution in [2.24, 2.45) is 16.8 Å². The largest absolute Gasteiger partial charge is 0.494 e. The Morgan fingerprint density at radius 1 is 1.17 bits per heavy atom. The number of fused-ring (bicyclic) bond motifs is 3. The van der Waals surface area contributed by atoms with Crippen LogP contribution in [0.15, 0.2) is 59.7 Å². The summed E-state index contributed by atoms with van der Waals surface area (Å²) in [6, 6.07) is 16.6. The molecule has 6 nitrogen and oxygen atoms in total. The quantitative estimate of drug-likeness (QED) is 0.288. The molecule has 5 rings (SSSR count). The molecule has 2 aliphatic rings. The number of aliphatic imine (C=N–C) groups is 1. The van der Waals surface area contributed by atoms with Gasteiger partial charge in [0.15, 0.2) is 0 Å². The lowest BCUT2D eigenvalue weighted by Gasteiger charge is -2.12. The topological polar surface area (TPSA) is 81.0 Å². The monoisotopic (exact) mass is 484 g/mol. The van der Waals surface area contributed by atoms with Crippen molar-refractivity contribution in [1.29, 1.82) is 0 Å². The molecule has 0 amide bonds. The van der Waals surface area contributed by atoms with Gasteiger partial charge < -0.3 is 14.6 Å². The summed E-state index contributed by atoms with van der Waals surface area (Å²) < 4.78 is 11.9. The zero-order valence-electron chi connectivity index (χ0n) is 21.0. The molecule has 1 saturated carbocycles. The van der Waals surface area contributed by atoms with Crippen molar-refractivity contribution in [1.82, 2.24) is 4.98 Å². The number of carbonyl (C=O) groups is 1. The molecule has 0 aliphatic heterocycles. The lowest BCUT2D eigenvalue weighted by atomic mass is 9.99. The average molecular weight is 485 g/mol. The summed E-state index contributed by atoms with van der Waals surface area (Å²) in [6.07, 6.45) is 4.52. The lowest BCUT2D eigenvalue weighted by Crippen LogP contribution is -2.06. The predicted octanol–water partition coefficient (Wildman–Crippen LogP) is 5.86. The third kappa shape index (κ3) is 4.99. The first-order valence-electron chi connectivity index (χ1n) is 12.5. The van der Waals surface area contributed by atoms with Crippen molar-refractivity contribution >= 4 is 11.7 Å². The Labute approximate surface area is 212 Å². The number of hydrogen-bond acceptors (Lipinski definition) is 5. The average Bonchev–Trinajstić information content (AvgIpc) is 3.48. The van der Waals surface area contributed by atoms with E-state index in [-0.39, 0.29) is 17.8 Å². The van der Waals surface area contributed by atoms with Gasteiger partial charge in [-0.3, -0.25) is 9.79 Å². The fourth-order valence-electron chi connectivity index (χ4n) is 5.35. The summed E-state index contributed by atoms with van der Waals surface area (Å²) in [5, 5.41) is 9.30. The second kappa shape index (κ2) is 10.1. The maximum Gasteiger partial charge on any atom is 0.307 e. The maximum absolute atomic E-state index is 11.3. The first-order valence-corrected chi connectivity index (χ1v) is 12.5. The first-order chi connectivity index (χ1) is 17.4. The van der Waals surface area contributed by atoms with Gasteiger partial charge in [0.1, 0.15) is 12.4 Å². The predicted molar refractivity (Wildman–Crippen MR) is 140 cm³/mol. The number of aromatic nitrogens is 1. The van der Waals surface area contributed by atoms with Gasteiger partial charge in [-0.15, -0.1) is 0 Å². The van der Waals surface area contributed by atoms with Gasteiger partial charge in [-0.25, -0.2) is 4.98 Å². The highest BCUT2D eigenvalue weighted by Gasteiger charge is 2.59. The van der Waals surface area contributed by atoms with E-state index in [1.165, 1.54) is 11.1 Å². The van der Waals surface area contributed by atoms with Crippen molar-refractivity contribution in [2.45, 2.75) is 45.6 Å². The number of aryl methyl sites for hydroxylation is 1. The van der Waals surface area contributed by atoms with Crippen LogP contribution in [0.3, 0.4) is 0 Å². The summed E-state index contributed by atoms with van der Waals surface area (Å²) in [7, 11) is 1.82. The van der Waals surface area contributed by atoms with Crippen LogP contribution in [0.4, 0.5) is 0 Å². The third-order valence-electron chi connectivity index (χ3n) is 7.42. The van der Waals surface area contributed by atoms with Crippen LogP contribution in [0.5, 0.6) is 11.6 Å². The second-order valence-corrected chi connectivity index (χ2v) is 9.86. The first kappa shape index (κ1) is 24.0. The number of carboxylic acids is 1. The lowest BCUT2D eigenvalue weighted by molar-refractivity contribution is -0.139. The van der Waals surface area contributed by atoms with E-state index < -0.39 is 5.97 Å². The summed E-state index contributed by atoms with van der Waals surface area (Å²) in [5.74, 6) is 0.910. The highest BCUT2D eigenvalue weighted by Crippen LogP contribution is 2.61. The molecular formula is C30H32N2O4. The van der Waals surface area contributed by atoms with E-state index in [0.717, 1.165) is 53.0 Å². The molecule has 2 aromatic carbocycles. The molecule has 3 aromatic rings. The van der Waals surface area contributed by atoms with Crippen LogP contribution in [-0.2, 0) is 17.8 Å². The highest BCUT2D eigenvalue weighted by molar-refractivity contribution is 5.81. The summed E-state index contributed by atoms with van der Waals surface area (Å²) in [5.41, 5.74) is 7.93. The molecule has 186 valence electrons. The summed E-state index contributed by atoms with van der Waals surface area (Å²) in [6.45, 7) is 5.25. The number of rotatable bonds is 10. The van der Waals surface area contributed by atoms with Crippen molar-refractivity contribution in [2.75, 3.05) is 13.7 Å². The van der Waals surface area contributed by atoms with Crippen LogP contribution in [0.2, 0.25) is 0 Å². The number of nitrogens with zero attached hydrogens (tertiary/aromatic N) is 2. The minimum Gasteiger partial charge on any atom is -0.494 e. The fraction of sp³-hybridized carbons (Fsp3) is 0.367. The zero-order chi connectivity index (χ0) is 25.2. The molecule has 1 aromatic heterocycles. The van der Waals surface area contributed by atoms with E-state index in [9.17, 15) is 9.90 Å². The van der Waals surface area contributed by atoms with Crippen LogP contribution < -0.4 is 9.47 Å². The Hall–Kier alpha value is -3.67. The van der Waals surface area contributed by atoms with Crippen molar-refractivity contribution < 1.29 is 19.4 Å². The maximum atomic E-state index is 11.3. The Morgan fingerprint density at radius 3 is 2.81 bits per heavy atom. The smallest absolute Gasteiger partial charge is 0.307 e. The molecule has 0 spiro atoms. The summed E-state index contributed by atoms with van der Waals surface area (Å²) >= 11 is 0. The molecule has 1 heterocycles. The highest BCUT2D eigenvalue weighted by atomic mass is 16.5.